The highest BCUT2D eigenvalue weighted by atomic mass is 35.5. The van der Waals surface area contributed by atoms with Crippen LogP contribution in [0.5, 0.6) is 0 Å². The first-order valence-electron chi connectivity index (χ1n) is 8.10. The zero-order valence-electron chi connectivity index (χ0n) is 13.8. The van der Waals surface area contributed by atoms with Gasteiger partial charge >= 0.3 is 5.69 Å². The number of anilines is 1. The van der Waals surface area contributed by atoms with Gasteiger partial charge in [-0.25, -0.2) is 9.18 Å². The molecule has 0 bridgehead atoms. The van der Waals surface area contributed by atoms with E-state index in [1.54, 1.807) is 0 Å². The van der Waals surface area contributed by atoms with Gasteiger partial charge in [0.15, 0.2) is 0 Å². The van der Waals surface area contributed by atoms with Crippen molar-refractivity contribution in [1.82, 2.24) is 9.55 Å². The molecular weight excluding hydrogens is 381 g/mol. The SMILES string of the molecule is O=C(CSc1nc(=O)n(CCO)c2c1CCC2)Nc1ccc(F)c(Cl)c1. The van der Waals surface area contributed by atoms with E-state index in [2.05, 4.69) is 10.3 Å². The van der Waals surface area contributed by atoms with Gasteiger partial charge < -0.3 is 10.4 Å². The van der Waals surface area contributed by atoms with Crippen molar-refractivity contribution in [3.05, 3.63) is 50.8 Å². The Balaban J connectivity index is 1.70. The van der Waals surface area contributed by atoms with Gasteiger partial charge in [0, 0.05) is 16.9 Å². The molecule has 0 radical (unpaired) electrons. The fourth-order valence-corrected chi connectivity index (χ4v) is 4.00. The molecule has 6 nitrogen and oxygen atoms in total. The Hall–Kier alpha value is -1.90. The smallest absolute Gasteiger partial charge is 0.348 e. The first-order valence-corrected chi connectivity index (χ1v) is 9.47. The summed E-state index contributed by atoms with van der Waals surface area (Å²) in [5.41, 5.74) is 1.86. The highest BCUT2D eigenvalue weighted by Crippen LogP contribution is 2.29. The van der Waals surface area contributed by atoms with E-state index < -0.39 is 11.5 Å². The van der Waals surface area contributed by atoms with Gasteiger partial charge in [0.05, 0.1) is 23.9 Å². The number of nitrogens with one attached hydrogen (secondary N) is 1. The van der Waals surface area contributed by atoms with E-state index in [0.717, 1.165) is 30.5 Å². The number of carbonyl (C=O) groups excluding carboxylic acids is 1. The van der Waals surface area contributed by atoms with Gasteiger partial charge in [-0.3, -0.25) is 9.36 Å². The number of aliphatic hydroxyl groups is 1. The minimum atomic E-state index is -0.553. The van der Waals surface area contributed by atoms with E-state index in [0.29, 0.717) is 10.7 Å². The van der Waals surface area contributed by atoms with Crippen molar-refractivity contribution in [3.63, 3.8) is 0 Å². The minimum Gasteiger partial charge on any atom is -0.395 e. The van der Waals surface area contributed by atoms with Gasteiger partial charge in [-0.15, -0.1) is 0 Å². The molecule has 1 heterocycles. The molecular formula is C17H17ClFN3O3S. The van der Waals surface area contributed by atoms with Crippen molar-refractivity contribution >= 4 is 35.0 Å². The zero-order chi connectivity index (χ0) is 18.7. The summed E-state index contributed by atoms with van der Waals surface area (Å²) in [4.78, 5) is 28.4. The molecule has 3 rings (SSSR count). The molecule has 1 aliphatic rings. The summed E-state index contributed by atoms with van der Waals surface area (Å²) < 4.78 is 14.7. The number of hydrogen-bond acceptors (Lipinski definition) is 5. The second-order valence-electron chi connectivity index (χ2n) is 5.82. The standard InChI is InChI=1S/C17H17ClFN3O3S/c18-12-8-10(4-5-13(12)19)20-15(24)9-26-16-11-2-1-3-14(11)22(6-7-23)17(25)21-16/h4-5,8,23H,1-3,6-7,9H2,(H,20,24). The van der Waals surface area contributed by atoms with Crippen molar-refractivity contribution in [2.75, 3.05) is 17.7 Å². The number of carbonyl (C=O) groups is 1. The van der Waals surface area contributed by atoms with Crippen LogP contribution in [-0.4, -0.2) is 32.9 Å². The molecule has 0 fully saturated rings. The second-order valence-corrected chi connectivity index (χ2v) is 7.19. The molecule has 2 aromatic rings. The highest BCUT2D eigenvalue weighted by Gasteiger charge is 2.22. The fourth-order valence-electron chi connectivity index (χ4n) is 2.94. The third-order valence-electron chi connectivity index (χ3n) is 4.07. The van der Waals surface area contributed by atoms with Crippen LogP contribution < -0.4 is 11.0 Å². The molecule has 0 saturated carbocycles. The predicted octanol–water partition coefficient (Wildman–Crippen LogP) is 2.25. The van der Waals surface area contributed by atoms with Crippen LogP contribution in [0.3, 0.4) is 0 Å². The lowest BCUT2D eigenvalue weighted by molar-refractivity contribution is -0.113. The van der Waals surface area contributed by atoms with Gasteiger partial charge in [0.25, 0.3) is 0 Å². The van der Waals surface area contributed by atoms with Crippen LogP contribution in [0.1, 0.15) is 17.7 Å². The van der Waals surface area contributed by atoms with Crippen LogP contribution >= 0.6 is 23.4 Å². The van der Waals surface area contributed by atoms with Gasteiger partial charge in [-0.05, 0) is 37.5 Å². The number of hydrogen-bond donors (Lipinski definition) is 2. The van der Waals surface area contributed by atoms with Crippen LogP contribution in [0.2, 0.25) is 5.02 Å². The number of halogens is 2. The molecule has 26 heavy (non-hydrogen) atoms. The largest absolute Gasteiger partial charge is 0.395 e. The van der Waals surface area contributed by atoms with Crippen LogP contribution in [0.25, 0.3) is 0 Å². The van der Waals surface area contributed by atoms with Gasteiger partial charge in [-0.2, -0.15) is 4.98 Å². The molecule has 1 aromatic heterocycles. The van der Waals surface area contributed by atoms with Gasteiger partial charge in [-0.1, -0.05) is 23.4 Å². The van der Waals surface area contributed by atoms with Gasteiger partial charge in [0.1, 0.15) is 10.8 Å². The van der Waals surface area contributed by atoms with E-state index in [-0.39, 0.29) is 29.8 Å². The van der Waals surface area contributed by atoms with E-state index in [9.17, 15) is 14.0 Å². The number of fused-ring (bicyclic) bond motifs is 1. The molecule has 0 unspecified atom stereocenters. The normalized spacial score (nSPS) is 12.9. The third-order valence-corrected chi connectivity index (χ3v) is 5.38. The maximum Gasteiger partial charge on any atom is 0.348 e. The summed E-state index contributed by atoms with van der Waals surface area (Å²) in [5.74, 6) is -0.786. The molecule has 9 heteroatoms. The van der Waals surface area contributed by atoms with Crippen LogP contribution in [0.4, 0.5) is 10.1 Å². The van der Waals surface area contributed by atoms with Crippen molar-refractivity contribution in [2.45, 2.75) is 30.8 Å². The Morgan fingerprint density at radius 1 is 1.42 bits per heavy atom. The Morgan fingerprint density at radius 2 is 2.23 bits per heavy atom. The number of aliphatic hydroxyl groups excluding tert-OH is 1. The number of amides is 1. The molecule has 0 atom stereocenters. The van der Waals surface area contributed by atoms with Crippen molar-refractivity contribution in [2.24, 2.45) is 0 Å². The highest BCUT2D eigenvalue weighted by molar-refractivity contribution is 8.00. The zero-order valence-corrected chi connectivity index (χ0v) is 15.4. The van der Waals surface area contributed by atoms with E-state index in [1.807, 2.05) is 0 Å². The van der Waals surface area contributed by atoms with Crippen molar-refractivity contribution in [3.8, 4) is 0 Å². The minimum absolute atomic E-state index is 0.0672. The van der Waals surface area contributed by atoms with E-state index in [1.165, 1.54) is 34.5 Å². The fraction of sp³-hybridized carbons (Fsp3) is 0.353. The predicted molar refractivity (Wildman–Crippen MR) is 98.4 cm³/mol. The lowest BCUT2D eigenvalue weighted by Gasteiger charge is -2.13. The summed E-state index contributed by atoms with van der Waals surface area (Å²) in [6.45, 7) is 0.105. The molecule has 0 spiro atoms. The first-order chi connectivity index (χ1) is 12.5. The van der Waals surface area contributed by atoms with Crippen LogP contribution in [-0.2, 0) is 24.2 Å². The topological polar surface area (TPSA) is 84.2 Å². The quantitative estimate of drug-likeness (QED) is 0.577. The molecule has 0 aliphatic heterocycles. The number of rotatable bonds is 6. The number of aromatic nitrogens is 2. The lowest BCUT2D eigenvalue weighted by Crippen LogP contribution is -2.28. The monoisotopic (exact) mass is 397 g/mol. The lowest BCUT2D eigenvalue weighted by atomic mass is 10.2. The third kappa shape index (κ3) is 4.08. The van der Waals surface area contributed by atoms with Crippen LogP contribution in [0, 0.1) is 5.82 Å². The second kappa shape index (κ2) is 8.20. The number of thioether (sulfide) groups is 1. The Morgan fingerprint density at radius 3 is 2.96 bits per heavy atom. The molecule has 1 aromatic carbocycles. The maximum absolute atomic E-state index is 13.2. The van der Waals surface area contributed by atoms with Crippen molar-refractivity contribution in [1.29, 1.82) is 0 Å². The summed E-state index contributed by atoms with van der Waals surface area (Å²) >= 11 is 6.89. The Labute approximate surface area is 158 Å². The molecule has 0 saturated heterocycles. The number of benzene rings is 1. The molecule has 138 valence electrons. The molecule has 1 amide bonds. The van der Waals surface area contributed by atoms with Crippen LogP contribution in [0.15, 0.2) is 28.0 Å². The average Bonchev–Trinajstić information content (AvgIpc) is 3.09. The Kier molecular flexibility index (Phi) is 5.95. The maximum atomic E-state index is 13.2. The summed E-state index contributed by atoms with van der Waals surface area (Å²) in [7, 11) is 0. The average molecular weight is 398 g/mol. The first kappa shape index (κ1) is 18.9. The summed E-state index contributed by atoms with van der Waals surface area (Å²) in [6, 6.07) is 3.95. The molecule has 2 N–H and O–H groups in total. The molecule has 1 aliphatic carbocycles. The van der Waals surface area contributed by atoms with E-state index in [4.69, 9.17) is 16.7 Å². The summed E-state index contributed by atoms with van der Waals surface area (Å²) in [5, 5.41) is 12.3. The number of nitrogens with zero attached hydrogens (tertiary/aromatic N) is 2. The van der Waals surface area contributed by atoms with Gasteiger partial charge in [0.2, 0.25) is 5.91 Å². The van der Waals surface area contributed by atoms with Crippen molar-refractivity contribution < 1.29 is 14.3 Å². The Bertz CT molecular complexity index is 904. The van der Waals surface area contributed by atoms with E-state index >= 15 is 0 Å². The summed E-state index contributed by atoms with van der Waals surface area (Å²) in [6.07, 6.45) is 2.48.